The summed E-state index contributed by atoms with van der Waals surface area (Å²) in [6.07, 6.45) is 1.42. The van der Waals surface area contributed by atoms with Crippen LogP contribution < -0.4 is 9.47 Å². The highest BCUT2D eigenvalue weighted by Gasteiger charge is 2.10. The second kappa shape index (κ2) is 4.53. The van der Waals surface area contributed by atoms with Gasteiger partial charge in [-0.15, -0.1) is 0 Å². The fourth-order valence-corrected chi connectivity index (χ4v) is 1.71. The lowest BCUT2D eigenvalue weighted by molar-refractivity contribution is 0.340. The molecule has 2 rings (SSSR count). The van der Waals surface area contributed by atoms with Crippen LogP contribution in [0.5, 0.6) is 11.5 Å². The van der Waals surface area contributed by atoms with Crippen molar-refractivity contribution in [2.75, 3.05) is 13.7 Å². The second-order valence-electron chi connectivity index (χ2n) is 3.12. The molecule has 0 aliphatic carbocycles. The standard InChI is InChI=1S/C11H11ClN2O2/c1-3-16-9-5-7(15-2)4-8-10(9)11(12)14-6-13-8/h4-6H,3H2,1-2H3. The van der Waals surface area contributed by atoms with Gasteiger partial charge < -0.3 is 9.47 Å². The molecule has 0 spiro atoms. The Balaban J connectivity index is 2.72. The van der Waals surface area contributed by atoms with Crippen LogP contribution in [0.1, 0.15) is 6.92 Å². The molecule has 2 aromatic rings. The molecule has 0 saturated carbocycles. The highest BCUT2D eigenvalue weighted by Crippen LogP contribution is 2.33. The smallest absolute Gasteiger partial charge is 0.144 e. The number of nitrogens with zero attached hydrogens (tertiary/aromatic N) is 2. The van der Waals surface area contributed by atoms with Crippen LogP contribution in [0.4, 0.5) is 0 Å². The van der Waals surface area contributed by atoms with Gasteiger partial charge in [-0.3, -0.25) is 0 Å². The summed E-state index contributed by atoms with van der Waals surface area (Å²) >= 11 is 6.02. The predicted molar refractivity (Wildman–Crippen MR) is 62.3 cm³/mol. The Morgan fingerprint density at radius 1 is 1.31 bits per heavy atom. The van der Waals surface area contributed by atoms with Gasteiger partial charge >= 0.3 is 0 Å². The minimum Gasteiger partial charge on any atom is -0.497 e. The third-order valence-corrected chi connectivity index (χ3v) is 2.45. The van der Waals surface area contributed by atoms with Crippen LogP contribution in [0.3, 0.4) is 0 Å². The number of aromatic nitrogens is 2. The van der Waals surface area contributed by atoms with E-state index in [0.29, 0.717) is 34.2 Å². The number of ether oxygens (including phenoxy) is 2. The molecule has 0 radical (unpaired) electrons. The average Bonchev–Trinajstić information content (AvgIpc) is 2.29. The number of halogens is 1. The van der Waals surface area contributed by atoms with E-state index in [1.165, 1.54) is 6.33 Å². The highest BCUT2D eigenvalue weighted by molar-refractivity contribution is 6.34. The van der Waals surface area contributed by atoms with Gasteiger partial charge in [0.1, 0.15) is 23.0 Å². The number of benzene rings is 1. The summed E-state index contributed by atoms with van der Waals surface area (Å²) in [5.41, 5.74) is 0.711. The molecule has 4 nitrogen and oxygen atoms in total. The maximum absolute atomic E-state index is 6.02. The van der Waals surface area contributed by atoms with E-state index < -0.39 is 0 Å². The molecule has 0 saturated heterocycles. The van der Waals surface area contributed by atoms with Gasteiger partial charge in [0.2, 0.25) is 0 Å². The van der Waals surface area contributed by atoms with Crippen molar-refractivity contribution in [2.24, 2.45) is 0 Å². The number of rotatable bonds is 3. The first-order valence-electron chi connectivity index (χ1n) is 4.87. The van der Waals surface area contributed by atoms with Gasteiger partial charge in [0, 0.05) is 12.1 Å². The zero-order valence-electron chi connectivity index (χ0n) is 9.03. The van der Waals surface area contributed by atoms with Gasteiger partial charge in [-0.1, -0.05) is 11.6 Å². The van der Waals surface area contributed by atoms with Crippen molar-refractivity contribution in [3.63, 3.8) is 0 Å². The first kappa shape index (κ1) is 11.0. The van der Waals surface area contributed by atoms with Gasteiger partial charge in [0.05, 0.1) is 24.6 Å². The summed E-state index contributed by atoms with van der Waals surface area (Å²) in [4.78, 5) is 8.08. The van der Waals surface area contributed by atoms with Gasteiger partial charge in [-0.05, 0) is 6.92 Å². The molecule has 84 valence electrons. The second-order valence-corrected chi connectivity index (χ2v) is 3.48. The summed E-state index contributed by atoms with van der Waals surface area (Å²) in [5.74, 6) is 1.33. The van der Waals surface area contributed by atoms with Gasteiger partial charge in [0.25, 0.3) is 0 Å². The molecule has 1 aromatic carbocycles. The van der Waals surface area contributed by atoms with E-state index in [9.17, 15) is 0 Å². The van der Waals surface area contributed by atoms with Gasteiger partial charge in [-0.2, -0.15) is 0 Å². The van der Waals surface area contributed by atoms with Crippen molar-refractivity contribution in [2.45, 2.75) is 6.92 Å². The lowest BCUT2D eigenvalue weighted by atomic mass is 10.2. The van der Waals surface area contributed by atoms with Crippen LogP contribution in [0.2, 0.25) is 5.15 Å². The van der Waals surface area contributed by atoms with Crippen molar-refractivity contribution in [3.05, 3.63) is 23.6 Å². The molecular weight excluding hydrogens is 228 g/mol. The number of methoxy groups -OCH3 is 1. The molecule has 0 unspecified atom stereocenters. The highest BCUT2D eigenvalue weighted by atomic mass is 35.5. The number of fused-ring (bicyclic) bond motifs is 1. The molecular formula is C11H11ClN2O2. The van der Waals surface area contributed by atoms with Crippen LogP contribution in [-0.4, -0.2) is 23.7 Å². The zero-order chi connectivity index (χ0) is 11.5. The molecule has 1 heterocycles. The largest absolute Gasteiger partial charge is 0.497 e. The zero-order valence-corrected chi connectivity index (χ0v) is 9.78. The predicted octanol–water partition coefficient (Wildman–Crippen LogP) is 2.69. The summed E-state index contributed by atoms with van der Waals surface area (Å²) in [5, 5.41) is 1.10. The Labute approximate surface area is 98.2 Å². The maximum atomic E-state index is 6.02. The van der Waals surface area contributed by atoms with Gasteiger partial charge in [0.15, 0.2) is 0 Å². The van der Waals surface area contributed by atoms with Crippen LogP contribution in [0, 0.1) is 0 Å². The lowest BCUT2D eigenvalue weighted by Crippen LogP contribution is -1.96. The topological polar surface area (TPSA) is 44.2 Å². The molecule has 16 heavy (non-hydrogen) atoms. The SMILES string of the molecule is CCOc1cc(OC)cc2ncnc(Cl)c12. The minimum atomic E-state index is 0.385. The maximum Gasteiger partial charge on any atom is 0.144 e. The van der Waals surface area contributed by atoms with Gasteiger partial charge in [-0.25, -0.2) is 9.97 Å². The summed E-state index contributed by atoms with van der Waals surface area (Å²) in [6.45, 7) is 2.45. The Morgan fingerprint density at radius 3 is 2.81 bits per heavy atom. The van der Waals surface area contributed by atoms with Crippen LogP contribution in [0.15, 0.2) is 18.5 Å². The Bertz CT molecular complexity index is 517. The van der Waals surface area contributed by atoms with Crippen molar-refractivity contribution in [1.82, 2.24) is 9.97 Å². The first-order chi connectivity index (χ1) is 7.76. The van der Waals surface area contributed by atoms with Crippen molar-refractivity contribution < 1.29 is 9.47 Å². The first-order valence-corrected chi connectivity index (χ1v) is 5.25. The number of hydrogen-bond acceptors (Lipinski definition) is 4. The normalized spacial score (nSPS) is 10.4. The lowest BCUT2D eigenvalue weighted by Gasteiger charge is -2.09. The quantitative estimate of drug-likeness (QED) is 0.772. The van der Waals surface area contributed by atoms with E-state index in [1.54, 1.807) is 19.2 Å². The van der Waals surface area contributed by atoms with E-state index in [-0.39, 0.29) is 0 Å². The molecule has 0 bridgehead atoms. The molecule has 5 heteroatoms. The molecule has 0 N–H and O–H groups in total. The van der Waals surface area contributed by atoms with Crippen LogP contribution in [0.25, 0.3) is 10.9 Å². The Hall–Kier alpha value is -1.55. The summed E-state index contributed by atoms with van der Waals surface area (Å²) in [6, 6.07) is 3.58. The monoisotopic (exact) mass is 238 g/mol. The average molecular weight is 239 g/mol. The Kier molecular flexibility index (Phi) is 3.10. The molecule has 0 fully saturated rings. The van der Waals surface area contributed by atoms with Crippen molar-refractivity contribution in [3.8, 4) is 11.5 Å². The van der Waals surface area contributed by atoms with Crippen LogP contribution >= 0.6 is 11.6 Å². The van der Waals surface area contributed by atoms with E-state index >= 15 is 0 Å². The summed E-state index contributed by atoms with van der Waals surface area (Å²) < 4.78 is 10.7. The van der Waals surface area contributed by atoms with Crippen molar-refractivity contribution >= 4 is 22.5 Å². The van der Waals surface area contributed by atoms with E-state index in [4.69, 9.17) is 21.1 Å². The van der Waals surface area contributed by atoms with E-state index in [2.05, 4.69) is 9.97 Å². The summed E-state index contributed by atoms with van der Waals surface area (Å²) in [7, 11) is 1.60. The molecule has 1 aromatic heterocycles. The molecule has 0 aliphatic heterocycles. The van der Waals surface area contributed by atoms with E-state index in [0.717, 1.165) is 0 Å². The van der Waals surface area contributed by atoms with E-state index in [1.807, 2.05) is 6.92 Å². The Morgan fingerprint density at radius 2 is 2.12 bits per heavy atom. The third-order valence-electron chi connectivity index (χ3n) is 2.16. The minimum absolute atomic E-state index is 0.385. The fourth-order valence-electron chi connectivity index (χ4n) is 1.48. The molecule has 0 aliphatic rings. The van der Waals surface area contributed by atoms with Crippen LogP contribution in [-0.2, 0) is 0 Å². The number of hydrogen-bond donors (Lipinski definition) is 0. The molecule has 0 atom stereocenters. The molecule has 0 amide bonds. The fraction of sp³-hybridized carbons (Fsp3) is 0.273. The van der Waals surface area contributed by atoms with Crippen molar-refractivity contribution in [1.29, 1.82) is 0 Å². The third kappa shape index (κ3) is 1.88.